The minimum atomic E-state index is -4.36. The summed E-state index contributed by atoms with van der Waals surface area (Å²) in [6, 6.07) is 15.8. The standard InChI is InChI=1S/C19H17F3N2/c20-19(21,22)17-7-6-15-8-9-18(13-23,11-16(15)10-17)24-12-14-4-2-1-3-5-14/h1-7,10,24H,8-9,11-12H2. The molecule has 24 heavy (non-hydrogen) atoms. The topological polar surface area (TPSA) is 35.8 Å². The first-order chi connectivity index (χ1) is 11.4. The predicted octanol–water partition coefficient (Wildman–Crippen LogP) is 4.25. The van der Waals surface area contributed by atoms with Crippen molar-refractivity contribution >= 4 is 0 Å². The van der Waals surface area contributed by atoms with Crippen molar-refractivity contribution in [3.63, 3.8) is 0 Å². The van der Waals surface area contributed by atoms with Gasteiger partial charge in [0.15, 0.2) is 0 Å². The highest BCUT2D eigenvalue weighted by Crippen LogP contribution is 2.35. The minimum Gasteiger partial charge on any atom is -0.295 e. The summed E-state index contributed by atoms with van der Waals surface area (Å²) >= 11 is 0. The van der Waals surface area contributed by atoms with E-state index in [-0.39, 0.29) is 6.42 Å². The van der Waals surface area contributed by atoms with Crippen molar-refractivity contribution in [3.05, 3.63) is 70.8 Å². The van der Waals surface area contributed by atoms with Crippen LogP contribution in [-0.4, -0.2) is 5.54 Å². The van der Waals surface area contributed by atoms with Crippen molar-refractivity contribution in [3.8, 4) is 6.07 Å². The highest BCUT2D eigenvalue weighted by molar-refractivity contribution is 5.39. The van der Waals surface area contributed by atoms with E-state index in [4.69, 9.17) is 0 Å². The molecule has 0 spiro atoms. The fraction of sp³-hybridized carbons (Fsp3) is 0.316. The van der Waals surface area contributed by atoms with Gasteiger partial charge in [-0.15, -0.1) is 0 Å². The monoisotopic (exact) mass is 330 g/mol. The average molecular weight is 330 g/mol. The van der Waals surface area contributed by atoms with E-state index < -0.39 is 17.3 Å². The first kappa shape index (κ1) is 16.5. The van der Waals surface area contributed by atoms with Gasteiger partial charge in [0.05, 0.1) is 11.6 Å². The number of fused-ring (bicyclic) bond motifs is 1. The van der Waals surface area contributed by atoms with Crippen LogP contribution < -0.4 is 5.32 Å². The lowest BCUT2D eigenvalue weighted by Gasteiger charge is -2.33. The lowest BCUT2D eigenvalue weighted by atomic mass is 9.78. The normalized spacial score (nSPS) is 20.2. The van der Waals surface area contributed by atoms with Crippen molar-refractivity contribution in [2.45, 2.75) is 37.5 Å². The van der Waals surface area contributed by atoms with Gasteiger partial charge in [-0.1, -0.05) is 36.4 Å². The van der Waals surface area contributed by atoms with Crippen LogP contribution in [0.5, 0.6) is 0 Å². The van der Waals surface area contributed by atoms with Gasteiger partial charge in [-0.05, 0) is 41.7 Å². The number of halogens is 3. The molecule has 1 N–H and O–H groups in total. The fourth-order valence-electron chi connectivity index (χ4n) is 3.13. The smallest absolute Gasteiger partial charge is 0.295 e. The Morgan fingerprint density at radius 3 is 2.50 bits per heavy atom. The highest BCUT2D eigenvalue weighted by atomic mass is 19.4. The third-order valence-corrected chi connectivity index (χ3v) is 4.53. The zero-order valence-electron chi connectivity index (χ0n) is 13.0. The second-order valence-electron chi connectivity index (χ2n) is 6.19. The molecule has 0 aliphatic heterocycles. The SMILES string of the molecule is N#CC1(NCc2ccccc2)CCc2ccc(C(F)(F)F)cc2C1. The van der Waals surface area contributed by atoms with E-state index in [2.05, 4.69) is 11.4 Å². The van der Waals surface area contributed by atoms with Gasteiger partial charge in [0.2, 0.25) is 0 Å². The van der Waals surface area contributed by atoms with Gasteiger partial charge in [0, 0.05) is 13.0 Å². The number of aryl methyl sites for hydroxylation is 1. The lowest BCUT2D eigenvalue weighted by molar-refractivity contribution is -0.137. The third-order valence-electron chi connectivity index (χ3n) is 4.53. The Bertz CT molecular complexity index is 762. The molecule has 0 bridgehead atoms. The molecule has 3 rings (SSSR count). The molecule has 0 heterocycles. The van der Waals surface area contributed by atoms with Crippen molar-refractivity contribution in [2.75, 3.05) is 0 Å². The molecule has 0 radical (unpaired) electrons. The van der Waals surface area contributed by atoms with Crippen LogP contribution in [0, 0.1) is 11.3 Å². The van der Waals surface area contributed by atoms with E-state index in [1.165, 1.54) is 12.1 Å². The van der Waals surface area contributed by atoms with Crippen LogP contribution in [-0.2, 0) is 25.6 Å². The molecule has 124 valence electrons. The second kappa shape index (κ2) is 6.29. The summed E-state index contributed by atoms with van der Waals surface area (Å²) in [5.41, 5.74) is 1.07. The Hall–Kier alpha value is -2.32. The summed E-state index contributed by atoms with van der Waals surface area (Å²) in [5.74, 6) is 0. The van der Waals surface area contributed by atoms with Crippen LogP contribution >= 0.6 is 0 Å². The van der Waals surface area contributed by atoms with Crippen molar-refractivity contribution in [1.29, 1.82) is 5.26 Å². The van der Waals surface area contributed by atoms with Crippen LogP contribution in [0.3, 0.4) is 0 Å². The molecule has 0 fully saturated rings. The van der Waals surface area contributed by atoms with Crippen LogP contribution in [0.25, 0.3) is 0 Å². The van der Waals surface area contributed by atoms with Gasteiger partial charge in [0.25, 0.3) is 0 Å². The zero-order chi connectivity index (χ0) is 17.2. The number of hydrogen-bond acceptors (Lipinski definition) is 2. The molecule has 0 aromatic heterocycles. The first-order valence-corrected chi connectivity index (χ1v) is 7.81. The molecular formula is C19H17F3N2. The number of nitrogens with one attached hydrogen (secondary N) is 1. The van der Waals surface area contributed by atoms with Crippen LogP contribution in [0.15, 0.2) is 48.5 Å². The Morgan fingerprint density at radius 2 is 1.83 bits per heavy atom. The molecule has 0 saturated carbocycles. The quantitative estimate of drug-likeness (QED) is 0.913. The Labute approximate surface area is 138 Å². The van der Waals surface area contributed by atoms with Gasteiger partial charge in [0.1, 0.15) is 5.54 Å². The molecule has 1 unspecified atom stereocenters. The van der Waals surface area contributed by atoms with E-state index >= 15 is 0 Å². The second-order valence-corrected chi connectivity index (χ2v) is 6.19. The van der Waals surface area contributed by atoms with Crippen molar-refractivity contribution in [2.24, 2.45) is 0 Å². The molecular weight excluding hydrogens is 313 g/mol. The average Bonchev–Trinajstić information content (AvgIpc) is 2.59. The summed E-state index contributed by atoms with van der Waals surface area (Å²) in [6.45, 7) is 0.517. The van der Waals surface area contributed by atoms with Gasteiger partial charge in [-0.2, -0.15) is 18.4 Å². The lowest BCUT2D eigenvalue weighted by Crippen LogP contribution is -2.48. The number of benzene rings is 2. The minimum absolute atomic E-state index is 0.287. The maximum Gasteiger partial charge on any atom is 0.416 e. The first-order valence-electron chi connectivity index (χ1n) is 7.81. The molecule has 1 atom stereocenters. The summed E-state index contributed by atoms with van der Waals surface area (Å²) in [7, 11) is 0. The van der Waals surface area contributed by atoms with E-state index in [0.29, 0.717) is 24.9 Å². The molecule has 0 saturated heterocycles. The zero-order valence-corrected chi connectivity index (χ0v) is 13.0. The van der Waals surface area contributed by atoms with Crippen LogP contribution in [0.1, 0.15) is 28.7 Å². The number of nitriles is 1. The van der Waals surface area contributed by atoms with Crippen molar-refractivity contribution < 1.29 is 13.2 Å². The number of nitrogens with zero attached hydrogens (tertiary/aromatic N) is 1. The largest absolute Gasteiger partial charge is 0.416 e. The van der Waals surface area contributed by atoms with Crippen LogP contribution in [0.2, 0.25) is 0 Å². The Morgan fingerprint density at radius 1 is 1.08 bits per heavy atom. The van der Waals surface area contributed by atoms with Gasteiger partial charge >= 0.3 is 6.18 Å². The summed E-state index contributed by atoms with van der Waals surface area (Å²) < 4.78 is 38.8. The van der Waals surface area contributed by atoms with E-state index in [9.17, 15) is 18.4 Å². The predicted molar refractivity (Wildman–Crippen MR) is 85.1 cm³/mol. The fourth-order valence-corrected chi connectivity index (χ4v) is 3.13. The highest BCUT2D eigenvalue weighted by Gasteiger charge is 2.36. The molecule has 2 nitrogen and oxygen atoms in total. The van der Waals surface area contributed by atoms with Crippen LogP contribution in [0.4, 0.5) is 13.2 Å². The number of alkyl halides is 3. The molecule has 1 aliphatic carbocycles. The summed E-state index contributed by atoms with van der Waals surface area (Å²) in [4.78, 5) is 0. The maximum atomic E-state index is 12.9. The van der Waals surface area contributed by atoms with Gasteiger partial charge < -0.3 is 0 Å². The van der Waals surface area contributed by atoms with Gasteiger partial charge in [-0.3, -0.25) is 5.32 Å². The van der Waals surface area contributed by atoms with Gasteiger partial charge in [-0.25, -0.2) is 0 Å². The number of rotatable bonds is 3. The summed E-state index contributed by atoms with van der Waals surface area (Å²) in [6.07, 6.45) is -2.88. The maximum absolute atomic E-state index is 12.9. The molecule has 2 aromatic carbocycles. The number of hydrogen-bond donors (Lipinski definition) is 1. The van der Waals surface area contributed by atoms with E-state index in [1.54, 1.807) is 0 Å². The Balaban J connectivity index is 1.81. The molecule has 1 aliphatic rings. The Kier molecular flexibility index (Phi) is 4.33. The molecule has 5 heteroatoms. The van der Waals surface area contributed by atoms with E-state index in [1.807, 2.05) is 30.3 Å². The molecule has 0 amide bonds. The van der Waals surface area contributed by atoms with E-state index in [0.717, 1.165) is 17.2 Å². The molecule has 2 aromatic rings. The van der Waals surface area contributed by atoms with Crippen molar-refractivity contribution in [1.82, 2.24) is 5.32 Å². The third kappa shape index (κ3) is 3.44. The summed E-state index contributed by atoms with van der Waals surface area (Å²) in [5, 5.41) is 12.9.